The minimum atomic E-state index is -0.680. The third kappa shape index (κ3) is 1.84. The number of aromatic hydroxyl groups is 1. The Labute approximate surface area is 95.2 Å². The van der Waals surface area contributed by atoms with Crippen molar-refractivity contribution in [1.29, 1.82) is 0 Å². The summed E-state index contributed by atoms with van der Waals surface area (Å²) in [5.41, 5.74) is -1.19. The van der Waals surface area contributed by atoms with Crippen LogP contribution in [0, 0.1) is 6.92 Å². The Morgan fingerprint density at radius 1 is 1.47 bits per heavy atom. The lowest BCUT2D eigenvalue weighted by Gasteiger charge is -2.08. The van der Waals surface area contributed by atoms with E-state index in [9.17, 15) is 14.7 Å². The van der Waals surface area contributed by atoms with Crippen molar-refractivity contribution in [3.63, 3.8) is 0 Å². The molecule has 0 saturated carbocycles. The second kappa shape index (κ2) is 3.89. The van der Waals surface area contributed by atoms with Gasteiger partial charge in [-0.05, 0) is 6.92 Å². The fourth-order valence-corrected chi connectivity index (χ4v) is 1.40. The zero-order valence-electron chi connectivity index (χ0n) is 9.34. The molecule has 17 heavy (non-hydrogen) atoms. The summed E-state index contributed by atoms with van der Waals surface area (Å²) >= 11 is 0. The molecule has 2 rings (SSSR count). The summed E-state index contributed by atoms with van der Waals surface area (Å²) in [7, 11) is 1.72. The standard InChI is InChI=1S/C9H11N5O3/c1-5-7(15)11-9(17)14(8(5)16)3-6-12-10-4-13(6)2/h4,16H,3H2,1-2H3,(H,11,15,17). The highest BCUT2D eigenvalue weighted by atomic mass is 16.3. The number of aryl methyl sites for hydroxylation is 1. The van der Waals surface area contributed by atoms with Gasteiger partial charge in [0.15, 0.2) is 5.82 Å². The topological polar surface area (TPSA) is 106 Å². The van der Waals surface area contributed by atoms with Crippen LogP contribution in [-0.4, -0.2) is 29.4 Å². The van der Waals surface area contributed by atoms with Crippen LogP contribution in [0.25, 0.3) is 0 Å². The minimum Gasteiger partial charge on any atom is -0.494 e. The SMILES string of the molecule is Cc1c(O)n(Cc2nncn2C)c(=O)[nH]c1=O. The van der Waals surface area contributed by atoms with Gasteiger partial charge in [0.05, 0.1) is 12.1 Å². The zero-order chi connectivity index (χ0) is 12.6. The van der Waals surface area contributed by atoms with Crippen LogP contribution in [0.3, 0.4) is 0 Å². The molecule has 90 valence electrons. The highest BCUT2D eigenvalue weighted by Gasteiger charge is 2.12. The van der Waals surface area contributed by atoms with E-state index in [2.05, 4.69) is 15.2 Å². The lowest BCUT2D eigenvalue weighted by atomic mass is 10.3. The van der Waals surface area contributed by atoms with E-state index in [0.29, 0.717) is 5.82 Å². The second-order valence-corrected chi connectivity index (χ2v) is 3.65. The molecule has 0 aliphatic rings. The summed E-state index contributed by atoms with van der Waals surface area (Å²) < 4.78 is 2.65. The molecule has 0 amide bonds. The van der Waals surface area contributed by atoms with Crippen molar-refractivity contribution >= 4 is 0 Å². The van der Waals surface area contributed by atoms with Crippen LogP contribution in [-0.2, 0) is 13.6 Å². The molecule has 0 aliphatic carbocycles. The average Bonchev–Trinajstić information content (AvgIpc) is 2.67. The third-order valence-electron chi connectivity index (χ3n) is 2.50. The molecule has 2 heterocycles. The van der Waals surface area contributed by atoms with Crippen molar-refractivity contribution < 1.29 is 5.11 Å². The monoisotopic (exact) mass is 237 g/mol. The molecule has 8 heteroatoms. The van der Waals surface area contributed by atoms with Gasteiger partial charge >= 0.3 is 5.69 Å². The molecule has 2 aromatic rings. The normalized spacial score (nSPS) is 10.7. The fraction of sp³-hybridized carbons (Fsp3) is 0.333. The maximum absolute atomic E-state index is 11.5. The predicted molar refractivity (Wildman–Crippen MR) is 57.8 cm³/mol. The fourth-order valence-electron chi connectivity index (χ4n) is 1.40. The molecule has 2 N–H and O–H groups in total. The van der Waals surface area contributed by atoms with E-state index >= 15 is 0 Å². The summed E-state index contributed by atoms with van der Waals surface area (Å²) in [4.78, 5) is 24.9. The Morgan fingerprint density at radius 3 is 2.76 bits per heavy atom. The first kappa shape index (κ1) is 11.1. The predicted octanol–water partition coefficient (Wildman–Crippen LogP) is -1.27. The van der Waals surface area contributed by atoms with Crippen molar-refractivity contribution in [1.82, 2.24) is 24.3 Å². The quantitative estimate of drug-likeness (QED) is 0.677. The molecule has 0 radical (unpaired) electrons. The molecule has 0 aliphatic heterocycles. The Hall–Kier alpha value is -2.38. The first-order valence-corrected chi connectivity index (χ1v) is 4.86. The van der Waals surface area contributed by atoms with Crippen LogP contribution in [0.5, 0.6) is 5.88 Å². The largest absolute Gasteiger partial charge is 0.494 e. The van der Waals surface area contributed by atoms with Crippen molar-refractivity contribution in [2.75, 3.05) is 0 Å². The Morgan fingerprint density at radius 2 is 2.18 bits per heavy atom. The van der Waals surface area contributed by atoms with Gasteiger partial charge in [0.25, 0.3) is 5.56 Å². The van der Waals surface area contributed by atoms with Crippen LogP contribution in [0.1, 0.15) is 11.4 Å². The van der Waals surface area contributed by atoms with Gasteiger partial charge in [-0.2, -0.15) is 0 Å². The third-order valence-corrected chi connectivity index (χ3v) is 2.50. The number of nitrogens with one attached hydrogen (secondary N) is 1. The number of aromatic amines is 1. The van der Waals surface area contributed by atoms with Gasteiger partial charge in [-0.3, -0.25) is 14.3 Å². The number of rotatable bonds is 2. The first-order valence-electron chi connectivity index (χ1n) is 4.86. The maximum atomic E-state index is 11.5. The highest BCUT2D eigenvalue weighted by molar-refractivity contribution is 5.20. The van der Waals surface area contributed by atoms with Gasteiger partial charge in [-0.25, -0.2) is 4.79 Å². The molecule has 8 nitrogen and oxygen atoms in total. The summed E-state index contributed by atoms with van der Waals surface area (Å²) in [6.07, 6.45) is 1.48. The van der Waals surface area contributed by atoms with Crippen LogP contribution in [0.4, 0.5) is 0 Å². The number of hydrogen-bond acceptors (Lipinski definition) is 5. The van der Waals surface area contributed by atoms with Gasteiger partial charge in [0, 0.05) is 7.05 Å². The van der Waals surface area contributed by atoms with Crippen molar-refractivity contribution in [3.8, 4) is 5.88 Å². The molecule has 0 spiro atoms. The molecule has 0 aromatic carbocycles. The van der Waals surface area contributed by atoms with E-state index in [1.54, 1.807) is 11.6 Å². The Bertz CT molecular complexity index is 666. The molecular formula is C9H11N5O3. The summed E-state index contributed by atoms with van der Waals surface area (Å²) in [5.74, 6) is 0.135. The Kier molecular flexibility index (Phi) is 2.54. The lowest BCUT2D eigenvalue weighted by molar-refractivity contribution is 0.400. The number of hydrogen-bond donors (Lipinski definition) is 2. The van der Waals surface area contributed by atoms with Gasteiger partial charge in [0.1, 0.15) is 6.33 Å². The summed E-state index contributed by atoms with van der Waals surface area (Å²) in [6.45, 7) is 1.47. The van der Waals surface area contributed by atoms with E-state index in [0.717, 1.165) is 4.57 Å². The molecular weight excluding hydrogens is 226 g/mol. The zero-order valence-corrected chi connectivity index (χ0v) is 9.34. The van der Waals surface area contributed by atoms with Crippen LogP contribution in [0.2, 0.25) is 0 Å². The van der Waals surface area contributed by atoms with Crippen molar-refractivity contribution in [2.45, 2.75) is 13.5 Å². The Balaban J connectivity index is 2.54. The molecule has 0 bridgehead atoms. The molecule has 0 atom stereocenters. The van der Waals surface area contributed by atoms with Crippen LogP contribution in [0.15, 0.2) is 15.9 Å². The molecule has 0 unspecified atom stereocenters. The van der Waals surface area contributed by atoms with E-state index in [1.165, 1.54) is 13.3 Å². The van der Waals surface area contributed by atoms with Gasteiger partial charge < -0.3 is 9.67 Å². The molecule has 0 saturated heterocycles. The molecule has 2 aromatic heterocycles. The number of H-pyrrole nitrogens is 1. The average molecular weight is 237 g/mol. The van der Waals surface area contributed by atoms with E-state index in [-0.39, 0.29) is 18.0 Å². The van der Waals surface area contributed by atoms with Gasteiger partial charge in [-0.15, -0.1) is 10.2 Å². The summed E-state index contributed by atoms with van der Waals surface area (Å²) in [6, 6.07) is 0. The van der Waals surface area contributed by atoms with Crippen molar-refractivity contribution in [3.05, 3.63) is 38.6 Å². The smallest absolute Gasteiger partial charge is 0.331 e. The van der Waals surface area contributed by atoms with Crippen molar-refractivity contribution in [2.24, 2.45) is 7.05 Å². The number of nitrogens with zero attached hydrogens (tertiary/aromatic N) is 4. The van der Waals surface area contributed by atoms with Gasteiger partial charge in [0.2, 0.25) is 5.88 Å². The van der Waals surface area contributed by atoms with E-state index < -0.39 is 11.2 Å². The highest BCUT2D eigenvalue weighted by Crippen LogP contribution is 2.09. The van der Waals surface area contributed by atoms with E-state index in [4.69, 9.17) is 0 Å². The number of aromatic nitrogens is 5. The lowest BCUT2D eigenvalue weighted by Crippen LogP contribution is -2.32. The van der Waals surface area contributed by atoms with E-state index in [1.807, 2.05) is 0 Å². The summed E-state index contributed by atoms with van der Waals surface area (Å²) in [5, 5.41) is 17.2. The van der Waals surface area contributed by atoms with Crippen LogP contribution >= 0.6 is 0 Å². The first-order chi connectivity index (χ1) is 8.00. The van der Waals surface area contributed by atoms with Crippen LogP contribution < -0.4 is 11.2 Å². The second-order valence-electron chi connectivity index (χ2n) is 3.65. The minimum absolute atomic E-state index is 0.0405. The van der Waals surface area contributed by atoms with Gasteiger partial charge in [-0.1, -0.05) is 0 Å². The molecule has 0 fully saturated rings. The maximum Gasteiger partial charge on any atom is 0.331 e.